The average molecular weight is 259 g/mol. The van der Waals surface area contributed by atoms with Crippen molar-refractivity contribution < 1.29 is 0 Å². The third-order valence-corrected chi connectivity index (χ3v) is 3.94. The molecule has 0 saturated carbocycles. The van der Waals surface area contributed by atoms with Gasteiger partial charge in [0.05, 0.1) is 16.6 Å². The fraction of sp³-hybridized carbons (Fsp3) is 0.583. The maximum atomic E-state index is 5.99. The molecule has 1 aromatic heterocycles. The minimum absolute atomic E-state index is 0.367. The summed E-state index contributed by atoms with van der Waals surface area (Å²) in [5.74, 6) is 2.80. The molecule has 4 heteroatoms. The number of halogens is 2. The van der Waals surface area contributed by atoms with Crippen molar-refractivity contribution in [3.63, 3.8) is 0 Å². The molecule has 2 atom stereocenters. The van der Waals surface area contributed by atoms with Gasteiger partial charge in [-0.1, -0.05) is 25.4 Å². The van der Waals surface area contributed by atoms with Gasteiger partial charge in [0.2, 0.25) is 0 Å². The summed E-state index contributed by atoms with van der Waals surface area (Å²) in [6, 6.07) is 3.86. The number of hydrogen-bond donors (Lipinski definition) is 0. The molecule has 1 aromatic rings. The zero-order valence-electron chi connectivity index (χ0n) is 9.58. The average Bonchev–Trinajstić information content (AvgIpc) is 2.60. The molecule has 0 aliphatic carbocycles. The predicted octanol–water partition coefficient (Wildman–Crippen LogP) is 3.57. The van der Waals surface area contributed by atoms with Gasteiger partial charge < -0.3 is 4.90 Å². The molecule has 2 nitrogen and oxygen atoms in total. The minimum Gasteiger partial charge on any atom is -0.356 e. The van der Waals surface area contributed by atoms with E-state index in [4.69, 9.17) is 23.2 Å². The van der Waals surface area contributed by atoms with Crippen LogP contribution in [0.15, 0.2) is 12.1 Å². The maximum absolute atomic E-state index is 5.99. The van der Waals surface area contributed by atoms with Crippen molar-refractivity contribution >= 4 is 29.0 Å². The molecular formula is C12H16Cl2N2. The molecule has 2 heterocycles. The summed E-state index contributed by atoms with van der Waals surface area (Å²) in [5, 5.41) is 0.652. The first-order chi connectivity index (χ1) is 7.61. The summed E-state index contributed by atoms with van der Waals surface area (Å²) in [5.41, 5.74) is 0.771. The van der Waals surface area contributed by atoms with Crippen LogP contribution >= 0.6 is 23.2 Å². The van der Waals surface area contributed by atoms with Gasteiger partial charge in [-0.2, -0.15) is 0 Å². The Morgan fingerprint density at radius 2 is 1.94 bits per heavy atom. The van der Waals surface area contributed by atoms with Crippen LogP contribution in [0.1, 0.15) is 19.5 Å². The molecule has 1 fully saturated rings. The molecule has 0 bridgehead atoms. The standard InChI is InChI=1S/C12H16Cl2N2/c1-8-6-16(7-9(8)2)12-4-3-10(14)11(5-13)15-12/h3-4,8-9H,5-7H2,1-2H3. The Hall–Kier alpha value is -0.470. The van der Waals surface area contributed by atoms with Gasteiger partial charge in [0.1, 0.15) is 5.82 Å². The molecule has 2 unspecified atom stereocenters. The normalized spacial score (nSPS) is 25.1. The van der Waals surface area contributed by atoms with Crippen LogP contribution in [0, 0.1) is 11.8 Å². The fourth-order valence-corrected chi connectivity index (χ4v) is 2.50. The van der Waals surface area contributed by atoms with Crippen LogP contribution < -0.4 is 4.90 Å². The van der Waals surface area contributed by atoms with E-state index in [0.717, 1.165) is 36.4 Å². The molecule has 0 amide bonds. The van der Waals surface area contributed by atoms with Crippen molar-refractivity contribution in [1.29, 1.82) is 0 Å². The first-order valence-electron chi connectivity index (χ1n) is 5.58. The zero-order chi connectivity index (χ0) is 11.7. The number of aromatic nitrogens is 1. The van der Waals surface area contributed by atoms with Crippen molar-refractivity contribution in [1.82, 2.24) is 4.98 Å². The van der Waals surface area contributed by atoms with E-state index in [1.807, 2.05) is 12.1 Å². The summed E-state index contributed by atoms with van der Waals surface area (Å²) in [6.45, 7) is 6.70. The SMILES string of the molecule is CC1CN(c2ccc(Cl)c(CCl)n2)CC1C. The second kappa shape index (κ2) is 4.80. The summed E-state index contributed by atoms with van der Waals surface area (Å²) in [4.78, 5) is 6.81. The first kappa shape index (κ1) is 12.0. The Bertz CT molecular complexity index is 371. The maximum Gasteiger partial charge on any atom is 0.128 e. The van der Waals surface area contributed by atoms with Gasteiger partial charge >= 0.3 is 0 Å². The van der Waals surface area contributed by atoms with Gasteiger partial charge in [-0.25, -0.2) is 4.98 Å². The Morgan fingerprint density at radius 3 is 2.50 bits per heavy atom. The van der Waals surface area contributed by atoms with E-state index in [9.17, 15) is 0 Å². The van der Waals surface area contributed by atoms with Crippen LogP contribution in [-0.2, 0) is 5.88 Å². The second-order valence-corrected chi connectivity index (χ2v) is 5.27. The number of alkyl halides is 1. The van der Waals surface area contributed by atoms with Gasteiger partial charge in [0.15, 0.2) is 0 Å². The second-order valence-electron chi connectivity index (χ2n) is 4.59. The lowest BCUT2D eigenvalue weighted by Gasteiger charge is -2.18. The third-order valence-electron chi connectivity index (χ3n) is 3.34. The van der Waals surface area contributed by atoms with Crippen molar-refractivity contribution in [3.8, 4) is 0 Å². The van der Waals surface area contributed by atoms with E-state index in [-0.39, 0.29) is 0 Å². The topological polar surface area (TPSA) is 16.1 Å². The highest BCUT2D eigenvalue weighted by molar-refractivity contribution is 6.32. The Kier molecular flexibility index (Phi) is 3.60. The third kappa shape index (κ3) is 2.28. The van der Waals surface area contributed by atoms with Gasteiger partial charge in [-0.3, -0.25) is 0 Å². The number of pyridine rings is 1. The van der Waals surface area contributed by atoms with E-state index in [1.165, 1.54) is 0 Å². The fourth-order valence-electron chi connectivity index (χ4n) is 2.06. The molecule has 0 aromatic carbocycles. The molecule has 1 saturated heterocycles. The van der Waals surface area contributed by atoms with E-state index < -0.39 is 0 Å². The van der Waals surface area contributed by atoms with E-state index in [1.54, 1.807) is 0 Å². The Morgan fingerprint density at radius 1 is 1.31 bits per heavy atom. The van der Waals surface area contributed by atoms with Gasteiger partial charge in [0, 0.05) is 13.1 Å². The van der Waals surface area contributed by atoms with Crippen LogP contribution in [0.2, 0.25) is 5.02 Å². The van der Waals surface area contributed by atoms with Crippen molar-refractivity contribution in [2.75, 3.05) is 18.0 Å². The summed E-state index contributed by atoms with van der Waals surface area (Å²) in [6.07, 6.45) is 0. The van der Waals surface area contributed by atoms with Crippen molar-refractivity contribution in [2.24, 2.45) is 11.8 Å². The lowest BCUT2D eigenvalue weighted by molar-refractivity contribution is 0.494. The molecule has 0 radical (unpaired) electrons. The smallest absolute Gasteiger partial charge is 0.128 e. The largest absolute Gasteiger partial charge is 0.356 e. The van der Waals surface area contributed by atoms with E-state index >= 15 is 0 Å². The minimum atomic E-state index is 0.367. The highest BCUT2D eigenvalue weighted by Crippen LogP contribution is 2.28. The number of hydrogen-bond acceptors (Lipinski definition) is 2. The monoisotopic (exact) mass is 258 g/mol. The predicted molar refractivity (Wildman–Crippen MR) is 69.3 cm³/mol. The summed E-state index contributed by atoms with van der Waals surface area (Å²) >= 11 is 11.8. The van der Waals surface area contributed by atoms with Crippen LogP contribution in [-0.4, -0.2) is 18.1 Å². The highest BCUT2D eigenvalue weighted by Gasteiger charge is 2.26. The molecule has 2 rings (SSSR count). The van der Waals surface area contributed by atoms with Crippen LogP contribution in [0.5, 0.6) is 0 Å². The molecule has 1 aliphatic rings. The molecule has 0 spiro atoms. The van der Waals surface area contributed by atoms with Crippen molar-refractivity contribution in [2.45, 2.75) is 19.7 Å². The van der Waals surface area contributed by atoms with Crippen LogP contribution in [0.3, 0.4) is 0 Å². The van der Waals surface area contributed by atoms with Crippen molar-refractivity contribution in [3.05, 3.63) is 22.8 Å². The molecular weight excluding hydrogens is 243 g/mol. The lowest BCUT2D eigenvalue weighted by atomic mass is 10.0. The number of nitrogens with zero attached hydrogens (tertiary/aromatic N) is 2. The van der Waals surface area contributed by atoms with E-state index in [2.05, 4.69) is 23.7 Å². The number of anilines is 1. The van der Waals surface area contributed by atoms with Crippen LogP contribution in [0.25, 0.3) is 0 Å². The molecule has 1 aliphatic heterocycles. The Labute approximate surface area is 107 Å². The summed E-state index contributed by atoms with van der Waals surface area (Å²) in [7, 11) is 0. The summed E-state index contributed by atoms with van der Waals surface area (Å²) < 4.78 is 0. The number of rotatable bonds is 2. The molecule has 0 N–H and O–H groups in total. The van der Waals surface area contributed by atoms with E-state index in [0.29, 0.717) is 10.9 Å². The molecule has 16 heavy (non-hydrogen) atoms. The first-order valence-corrected chi connectivity index (χ1v) is 6.49. The highest BCUT2D eigenvalue weighted by atomic mass is 35.5. The van der Waals surface area contributed by atoms with Gasteiger partial charge in [-0.05, 0) is 24.0 Å². The lowest BCUT2D eigenvalue weighted by Crippen LogP contribution is -2.21. The van der Waals surface area contributed by atoms with Gasteiger partial charge in [-0.15, -0.1) is 11.6 Å². The van der Waals surface area contributed by atoms with Gasteiger partial charge in [0.25, 0.3) is 0 Å². The Balaban J connectivity index is 2.22. The molecule has 88 valence electrons. The quantitative estimate of drug-likeness (QED) is 0.755. The van der Waals surface area contributed by atoms with Crippen LogP contribution in [0.4, 0.5) is 5.82 Å². The zero-order valence-corrected chi connectivity index (χ0v) is 11.1.